The minimum absolute atomic E-state index is 0.0262. The number of nitrogens with two attached hydrogens (primary N) is 1. The van der Waals surface area contributed by atoms with Crippen molar-refractivity contribution in [2.24, 2.45) is 0 Å². The first-order valence-electron chi connectivity index (χ1n) is 5.86. The average Bonchev–Trinajstić information content (AvgIpc) is 2.39. The number of nitrogen functional groups attached to an aromatic ring is 1. The number of amides is 1. The Labute approximate surface area is 109 Å². The number of carbonyl (C=O) groups excluding carboxylic acids is 1. The molecule has 102 valence electrons. The van der Waals surface area contributed by atoms with Crippen LogP contribution in [0.4, 0.5) is 11.5 Å². The zero-order chi connectivity index (χ0) is 14.0. The Morgan fingerprint density at radius 1 is 1.53 bits per heavy atom. The molecule has 0 spiro atoms. The number of carbonyl (C=O) groups is 1. The molecule has 0 aliphatic carbocycles. The van der Waals surface area contributed by atoms with Crippen molar-refractivity contribution in [2.45, 2.75) is 18.9 Å². The van der Waals surface area contributed by atoms with Crippen molar-refractivity contribution in [1.29, 1.82) is 0 Å². The van der Waals surface area contributed by atoms with Gasteiger partial charge in [0.2, 0.25) is 0 Å². The Balaban J connectivity index is 2.23. The number of rotatable bonds is 2. The van der Waals surface area contributed by atoms with Crippen LogP contribution in [0.1, 0.15) is 23.2 Å². The second kappa shape index (κ2) is 5.19. The fourth-order valence-electron chi connectivity index (χ4n) is 1.97. The van der Waals surface area contributed by atoms with E-state index in [-0.39, 0.29) is 23.0 Å². The molecule has 0 unspecified atom stereocenters. The maximum absolute atomic E-state index is 12.2. The molecule has 1 aliphatic rings. The van der Waals surface area contributed by atoms with Crippen LogP contribution in [0.2, 0.25) is 0 Å². The quantitative estimate of drug-likeness (QED) is 0.581. The highest BCUT2D eigenvalue weighted by Gasteiger charge is 2.25. The summed E-state index contributed by atoms with van der Waals surface area (Å²) < 4.78 is 0. The molecular weight excluding hydrogens is 252 g/mol. The van der Waals surface area contributed by atoms with Crippen LogP contribution in [0.15, 0.2) is 12.3 Å². The number of hydrogen-bond acceptors (Lipinski definition) is 6. The summed E-state index contributed by atoms with van der Waals surface area (Å²) in [5.41, 5.74) is 5.36. The van der Waals surface area contributed by atoms with Gasteiger partial charge in [0.1, 0.15) is 12.0 Å². The normalized spacial score (nSPS) is 16.4. The molecule has 1 aliphatic heterocycles. The summed E-state index contributed by atoms with van der Waals surface area (Å²) in [6.45, 7) is 0.810. The first-order valence-corrected chi connectivity index (χ1v) is 5.86. The molecule has 0 radical (unpaired) electrons. The van der Waals surface area contributed by atoms with E-state index in [9.17, 15) is 20.0 Å². The molecule has 8 nitrogen and oxygen atoms in total. The fourth-order valence-corrected chi connectivity index (χ4v) is 1.97. The molecule has 1 saturated heterocycles. The molecule has 1 fully saturated rings. The molecule has 3 N–H and O–H groups in total. The average molecular weight is 266 g/mol. The van der Waals surface area contributed by atoms with Crippen LogP contribution < -0.4 is 5.73 Å². The smallest absolute Gasteiger partial charge is 0.288 e. The van der Waals surface area contributed by atoms with Gasteiger partial charge in [-0.15, -0.1) is 0 Å². The third-order valence-electron chi connectivity index (χ3n) is 3.10. The molecule has 0 bridgehead atoms. The van der Waals surface area contributed by atoms with Crippen molar-refractivity contribution in [3.8, 4) is 0 Å². The topological polar surface area (TPSA) is 123 Å². The van der Waals surface area contributed by atoms with Crippen LogP contribution in [0.3, 0.4) is 0 Å². The van der Waals surface area contributed by atoms with Crippen molar-refractivity contribution in [3.05, 3.63) is 27.9 Å². The van der Waals surface area contributed by atoms with Crippen LogP contribution >= 0.6 is 0 Å². The van der Waals surface area contributed by atoms with Crippen LogP contribution in [0.5, 0.6) is 0 Å². The van der Waals surface area contributed by atoms with Gasteiger partial charge < -0.3 is 15.7 Å². The molecular formula is C11H14N4O4. The molecule has 0 atom stereocenters. The van der Waals surface area contributed by atoms with E-state index in [1.54, 1.807) is 0 Å². The lowest BCUT2D eigenvalue weighted by Gasteiger charge is -2.29. The summed E-state index contributed by atoms with van der Waals surface area (Å²) in [7, 11) is 0. The standard InChI is InChI=1S/C11H14N4O4/c12-10-9(5-7(6-13-10)15(18)19)11(17)14-3-1-8(16)2-4-14/h5-6,8,16H,1-4H2,(H2,12,13). The second-order valence-corrected chi connectivity index (χ2v) is 4.41. The summed E-state index contributed by atoms with van der Waals surface area (Å²) in [6, 6.07) is 1.13. The predicted octanol–water partition coefficient (Wildman–Crippen LogP) is 0.169. The van der Waals surface area contributed by atoms with Crippen molar-refractivity contribution >= 4 is 17.4 Å². The van der Waals surface area contributed by atoms with E-state index < -0.39 is 11.0 Å². The predicted molar refractivity (Wildman–Crippen MR) is 66.4 cm³/mol. The van der Waals surface area contributed by atoms with E-state index in [4.69, 9.17) is 5.73 Å². The molecule has 1 aromatic heterocycles. The maximum atomic E-state index is 12.2. The minimum Gasteiger partial charge on any atom is -0.393 e. The first kappa shape index (κ1) is 13.2. The van der Waals surface area contributed by atoms with E-state index in [1.807, 2.05) is 0 Å². The van der Waals surface area contributed by atoms with E-state index in [2.05, 4.69) is 4.98 Å². The number of nitrogens with zero attached hydrogens (tertiary/aromatic N) is 3. The Bertz CT molecular complexity index is 511. The summed E-state index contributed by atoms with van der Waals surface area (Å²) in [5, 5.41) is 20.1. The zero-order valence-corrected chi connectivity index (χ0v) is 10.2. The second-order valence-electron chi connectivity index (χ2n) is 4.41. The van der Waals surface area contributed by atoms with Crippen LogP contribution in [-0.4, -0.2) is 45.0 Å². The van der Waals surface area contributed by atoms with Gasteiger partial charge >= 0.3 is 0 Å². The summed E-state index contributed by atoms with van der Waals surface area (Å²) in [4.78, 5) is 27.4. The lowest BCUT2D eigenvalue weighted by atomic mass is 10.1. The van der Waals surface area contributed by atoms with E-state index in [0.717, 1.165) is 12.3 Å². The number of nitro groups is 1. The van der Waals surface area contributed by atoms with Gasteiger partial charge in [-0.25, -0.2) is 4.98 Å². The Morgan fingerprint density at radius 2 is 2.16 bits per heavy atom. The molecule has 2 rings (SSSR count). The van der Waals surface area contributed by atoms with E-state index >= 15 is 0 Å². The summed E-state index contributed by atoms with van der Waals surface area (Å²) >= 11 is 0. The van der Waals surface area contributed by atoms with Gasteiger partial charge in [0.05, 0.1) is 16.6 Å². The number of aliphatic hydroxyl groups is 1. The SMILES string of the molecule is Nc1ncc([N+](=O)[O-])cc1C(=O)N1CCC(O)CC1. The number of likely N-dealkylation sites (tertiary alicyclic amines) is 1. The van der Waals surface area contributed by atoms with Gasteiger partial charge in [-0.05, 0) is 12.8 Å². The highest BCUT2D eigenvalue weighted by Crippen LogP contribution is 2.20. The molecule has 0 saturated carbocycles. The number of aromatic nitrogens is 1. The maximum Gasteiger partial charge on any atom is 0.288 e. The van der Waals surface area contributed by atoms with Crippen LogP contribution in [0, 0.1) is 10.1 Å². The molecule has 0 aromatic carbocycles. The van der Waals surface area contributed by atoms with Gasteiger partial charge in [-0.2, -0.15) is 0 Å². The number of hydrogen-bond donors (Lipinski definition) is 2. The van der Waals surface area contributed by atoms with Crippen LogP contribution in [-0.2, 0) is 0 Å². The third kappa shape index (κ3) is 2.79. The highest BCUT2D eigenvalue weighted by atomic mass is 16.6. The van der Waals surface area contributed by atoms with E-state index in [0.29, 0.717) is 25.9 Å². The molecule has 2 heterocycles. The molecule has 19 heavy (non-hydrogen) atoms. The van der Waals surface area contributed by atoms with Gasteiger partial charge in [-0.3, -0.25) is 14.9 Å². The zero-order valence-electron chi connectivity index (χ0n) is 10.2. The Hall–Kier alpha value is -2.22. The minimum atomic E-state index is -0.622. The van der Waals surface area contributed by atoms with Crippen molar-refractivity contribution in [2.75, 3.05) is 18.8 Å². The first-order chi connectivity index (χ1) is 8.99. The van der Waals surface area contributed by atoms with Gasteiger partial charge in [0.15, 0.2) is 0 Å². The monoisotopic (exact) mass is 266 g/mol. The number of piperidine rings is 1. The highest BCUT2D eigenvalue weighted by molar-refractivity contribution is 5.98. The van der Waals surface area contributed by atoms with Gasteiger partial charge in [0, 0.05) is 19.2 Å². The Morgan fingerprint density at radius 3 is 2.74 bits per heavy atom. The van der Waals surface area contributed by atoms with Crippen molar-refractivity contribution in [1.82, 2.24) is 9.88 Å². The fraction of sp³-hybridized carbons (Fsp3) is 0.455. The van der Waals surface area contributed by atoms with Crippen molar-refractivity contribution in [3.63, 3.8) is 0 Å². The number of anilines is 1. The van der Waals surface area contributed by atoms with E-state index in [1.165, 1.54) is 4.90 Å². The lowest BCUT2D eigenvalue weighted by molar-refractivity contribution is -0.385. The Kier molecular flexibility index (Phi) is 3.61. The third-order valence-corrected chi connectivity index (χ3v) is 3.10. The van der Waals surface area contributed by atoms with Crippen LogP contribution in [0.25, 0.3) is 0 Å². The molecule has 8 heteroatoms. The number of aliphatic hydroxyl groups excluding tert-OH is 1. The van der Waals surface area contributed by atoms with Crippen molar-refractivity contribution < 1.29 is 14.8 Å². The van der Waals surface area contributed by atoms with Gasteiger partial charge in [-0.1, -0.05) is 0 Å². The van der Waals surface area contributed by atoms with Gasteiger partial charge in [0.25, 0.3) is 11.6 Å². The number of pyridine rings is 1. The summed E-state index contributed by atoms with van der Waals surface area (Å²) in [5.74, 6) is -0.415. The molecule has 1 aromatic rings. The largest absolute Gasteiger partial charge is 0.393 e. The lowest BCUT2D eigenvalue weighted by Crippen LogP contribution is -2.40. The summed E-state index contributed by atoms with van der Waals surface area (Å²) in [6.07, 6.45) is 1.61. The molecule has 1 amide bonds.